The molecule has 1 N–H and O–H groups in total. The molecule has 0 saturated carbocycles. The molecule has 1 fully saturated rings. The van der Waals surface area contributed by atoms with Crippen molar-refractivity contribution in [2.75, 3.05) is 25.2 Å². The van der Waals surface area contributed by atoms with E-state index in [1.807, 2.05) is 11.9 Å². The second kappa shape index (κ2) is 5.54. The number of aromatic carboxylic acids is 1. The smallest absolute Gasteiger partial charge is 0.337 e. The lowest BCUT2D eigenvalue weighted by Crippen LogP contribution is -2.37. The van der Waals surface area contributed by atoms with Gasteiger partial charge in [-0.25, -0.2) is 9.78 Å². The maximum atomic E-state index is 11.0. The summed E-state index contributed by atoms with van der Waals surface area (Å²) < 4.78 is 5.30. The molecule has 1 aliphatic rings. The minimum absolute atomic E-state index is 0.0839. The van der Waals surface area contributed by atoms with Gasteiger partial charge in [0.2, 0.25) is 0 Å². The van der Waals surface area contributed by atoms with Crippen LogP contribution in [0.25, 0.3) is 0 Å². The van der Waals surface area contributed by atoms with Crippen LogP contribution in [0, 0.1) is 0 Å². The first-order valence-corrected chi connectivity index (χ1v) is 6.17. The first-order chi connectivity index (χ1) is 8.59. The highest BCUT2D eigenvalue weighted by Gasteiger charge is 2.21. The van der Waals surface area contributed by atoms with E-state index in [1.165, 1.54) is 12.3 Å². The number of anilines is 1. The lowest BCUT2D eigenvalue weighted by molar-refractivity contribution is 0.0696. The number of rotatable bonds is 3. The summed E-state index contributed by atoms with van der Waals surface area (Å²) in [7, 11) is 1.91. The Bertz CT molecular complexity index is 447. The molecule has 1 aromatic rings. The number of hydrogen-bond acceptors (Lipinski definition) is 4. The number of halogens is 1. The third-order valence-corrected chi connectivity index (χ3v) is 3.47. The normalized spacial score (nSPS) is 16.6. The van der Waals surface area contributed by atoms with Crippen LogP contribution in [-0.4, -0.2) is 42.4 Å². The minimum atomic E-state index is -1.04. The molecule has 6 heteroatoms. The van der Waals surface area contributed by atoms with Crippen LogP contribution in [0.4, 0.5) is 5.82 Å². The standard InChI is InChI=1S/C12H15ClN2O3/c1-15(8-2-4-18-5-3-8)11-6-9(12(16)17)10(13)7-14-11/h6-8H,2-5H2,1H3,(H,16,17). The van der Waals surface area contributed by atoms with E-state index in [1.54, 1.807) is 0 Å². The fourth-order valence-electron chi connectivity index (χ4n) is 2.04. The molecule has 5 nitrogen and oxygen atoms in total. The van der Waals surface area contributed by atoms with Crippen molar-refractivity contribution in [3.8, 4) is 0 Å². The van der Waals surface area contributed by atoms with Gasteiger partial charge < -0.3 is 14.7 Å². The minimum Gasteiger partial charge on any atom is -0.478 e. The van der Waals surface area contributed by atoms with Gasteiger partial charge in [-0.05, 0) is 18.9 Å². The van der Waals surface area contributed by atoms with Crippen molar-refractivity contribution in [3.05, 3.63) is 22.8 Å². The maximum Gasteiger partial charge on any atom is 0.337 e. The van der Waals surface area contributed by atoms with Crippen LogP contribution in [-0.2, 0) is 4.74 Å². The van der Waals surface area contributed by atoms with Gasteiger partial charge in [0.1, 0.15) is 5.82 Å². The number of carboxylic acid groups (broad SMARTS) is 1. The molecule has 98 valence electrons. The number of nitrogens with zero attached hydrogens (tertiary/aromatic N) is 2. The number of hydrogen-bond donors (Lipinski definition) is 1. The van der Waals surface area contributed by atoms with E-state index < -0.39 is 5.97 Å². The lowest BCUT2D eigenvalue weighted by atomic mass is 10.1. The summed E-state index contributed by atoms with van der Waals surface area (Å²) in [6.45, 7) is 1.46. The number of ether oxygens (including phenoxy) is 1. The molecule has 1 aromatic heterocycles. The van der Waals surface area contributed by atoms with E-state index in [0.717, 1.165) is 26.1 Å². The second-order valence-electron chi connectivity index (χ2n) is 4.28. The molecule has 18 heavy (non-hydrogen) atoms. The van der Waals surface area contributed by atoms with Gasteiger partial charge >= 0.3 is 5.97 Å². The Labute approximate surface area is 110 Å². The molecule has 0 atom stereocenters. The third-order valence-electron chi connectivity index (χ3n) is 3.17. The van der Waals surface area contributed by atoms with Crippen molar-refractivity contribution in [2.24, 2.45) is 0 Å². The van der Waals surface area contributed by atoms with Gasteiger partial charge in [-0.1, -0.05) is 11.6 Å². The molecule has 0 radical (unpaired) electrons. The molecule has 0 aromatic carbocycles. The summed E-state index contributed by atoms with van der Waals surface area (Å²) in [6, 6.07) is 1.84. The predicted molar refractivity (Wildman–Crippen MR) is 68.5 cm³/mol. The Hall–Kier alpha value is -1.33. The Balaban J connectivity index is 2.21. The average Bonchev–Trinajstić information content (AvgIpc) is 2.39. The van der Waals surface area contributed by atoms with Gasteiger partial charge in [0, 0.05) is 32.5 Å². The molecule has 0 bridgehead atoms. The quantitative estimate of drug-likeness (QED) is 0.911. The average molecular weight is 271 g/mol. The molecular weight excluding hydrogens is 256 g/mol. The van der Waals surface area contributed by atoms with Crippen LogP contribution in [0.2, 0.25) is 5.02 Å². The van der Waals surface area contributed by atoms with Crippen molar-refractivity contribution in [3.63, 3.8) is 0 Å². The molecule has 2 rings (SSSR count). The van der Waals surface area contributed by atoms with Gasteiger partial charge in [-0.15, -0.1) is 0 Å². The van der Waals surface area contributed by atoms with E-state index in [4.69, 9.17) is 21.4 Å². The Morgan fingerprint density at radius 1 is 1.56 bits per heavy atom. The van der Waals surface area contributed by atoms with E-state index in [-0.39, 0.29) is 10.6 Å². The summed E-state index contributed by atoms with van der Waals surface area (Å²) >= 11 is 5.80. The van der Waals surface area contributed by atoms with Crippen LogP contribution in [0.1, 0.15) is 23.2 Å². The number of carbonyl (C=O) groups is 1. The summed E-state index contributed by atoms with van der Waals surface area (Å²) in [5, 5.41) is 9.19. The molecular formula is C12H15ClN2O3. The number of carboxylic acids is 1. The van der Waals surface area contributed by atoms with Gasteiger partial charge in [-0.2, -0.15) is 0 Å². The Morgan fingerprint density at radius 2 is 2.22 bits per heavy atom. The topological polar surface area (TPSA) is 62.7 Å². The molecule has 0 amide bonds. The lowest BCUT2D eigenvalue weighted by Gasteiger charge is -2.32. The first kappa shape index (κ1) is 13.1. The number of aromatic nitrogens is 1. The predicted octanol–water partition coefficient (Wildman–Crippen LogP) is 2.05. The summed E-state index contributed by atoms with van der Waals surface area (Å²) in [5.74, 6) is -0.410. The fourth-order valence-corrected chi connectivity index (χ4v) is 2.23. The zero-order valence-corrected chi connectivity index (χ0v) is 10.9. The zero-order chi connectivity index (χ0) is 13.1. The van der Waals surface area contributed by atoms with Crippen LogP contribution in [0.3, 0.4) is 0 Å². The zero-order valence-electron chi connectivity index (χ0n) is 10.1. The van der Waals surface area contributed by atoms with Gasteiger partial charge in [0.15, 0.2) is 0 Å². The molecule has 0 spiro atoms. The SMILES string of the molecule is CN(c1cc(C(=O)O)c(Cl)cn1)C1CCOCC1. The summed E-state index contributed by atoms with van der Waals surface area (Å²) in [5.41, 5.74) is 0.0839. The summed E-state index contributed by atoms with van der Waals surface area (Å²) in [4.78, 5) is 17.2. The van der Waals surface area contributed by atoms with Gasteiger partial charge in [-0.3, -0.25) is 0 Å². The van der Waals surface area contributed by atoms with E-state index >= 15 is 0 Å². The van der Waals surface area contributed by atoms with Crippen LogP contribution >= 0.6 is 11.6 Å². The van der Waals surface area contributed by atoms with Crippen LogP contribution < -0.4 is 4.90 Å². The van der Waals surface area contributed by atoms with Gasteiger partial charge in [0.25, 0.3) is 0 Å². The van der Waals surface area contributed by atoms with Gasteiger partial charge in [0.05, 0.1) is 10.6 Å². The van der Waals surface area contributed by atoms with Crippen LogP contribution in [0.5, 0.6) is 0 Å². The highest BCUT2D eigenvalue weighted by Crippen LogP contribution is 2.23. The van der Waals surface area contributed by atoms with E-state index in [0.29, 0.717) is 11.9 Å². The number of pyridine rings is 1. The van der Waals surface area contributed by atoms with Crippen molar-refractivity contribution >= 4 is 23.4 Å². The largest absolute Gasteiger partial charge is 0.478 e. The molecule has 1 saturated heterocycles. The van der Waals surface area contributed by atoms with Crippen molar-refractivity contribution in [1.29, 1.82) is 0 Å². The first-order valence-electron chi connectivity index (χ1n) is 5.79. The maximum absolute atomic E-state index is 11.0. The Kier molecular flexibility index (Phi) is 4.04. The molecule has 0 unspecified atom stereocenters. The molecule has 0 aliphatic carbocycles. The second-order valence-corrected chi connectivity index (χ2v) is 4.69. The molecule has 2 heterocycles. The highest BCUT2D eigenvalue weighted by atomic mass is 35.5. The summed E-state index contributed by atoms with van der Waals surface area (Å²) in [6.07, 6.45) is 3.22. The third kappa shape index (κ3) is 2.73. The molecule has 1 aliphatic heterocycles. The Morgan fingerprint density at radius 3 is 2.83 bits per heavy atom. The van der Waals surface area contributed by atoms with E-state index in [9.17, 15) is 4.79 Å². The van der Waals surface area contributed by atoms with E-state index in [2.05, 4.69) is 4.98 Å². The monoisotopic (exact) mass is 270 g/mol. The van der Waals surface area contributed by atoms with Crippen molar-refractivity contribution in [1.82, 2.24) is 4.98 Å². The van der Waals surface area contributed by atoms with Crippen molar-refractivity contribution in [2.45, 2.75) is 18.9 Å². The highest BCUT2D eigenvalue weighted by molar-refractivity contribution is 6.33. The van der Waals surface area contributed by atoms with Crippen molar-refractivity contribution < 1.29 is 14.6 Å². The fraction of sp³-hybridized carbons (Fsp3) is 0.500. The van der Waals surface area contributed by atoms with Crippen LogP contribution in [0.15, 0.2) is 12.3 Å².